The van der Waals surface area contributed by atoms with Gasteiger partial charge in [-0.25, -0.2) is 4.79 Å². The fourth-order valence-corrected chi connectivity index (χ4v) is 3.38. The first-order valence-electron chi connectivity index (χ1n) is 10.2. The number of amides is 1. The number of hydrogen-bond donors (Lipinski definition) is 2. The molecular weight excluding hydrogens is 406 g/mol. The average Bonchev–Trinajstić information content (AvgIpc) is 2.78. The number of anilines is 1. The Kier molecular flexibility index (Phi) is 8.99. The van der Waals surface area contributed by atoms with Crippen LogP contribution >= 0.6 is 11.6 Å². The van der Waals surface area contributed by atoms with Crippen molar-refractivity contribution in [2.75, 3.05) is 12.4 Å². The number of halogens is 1. The van der Waals surface area contributed by atoms with E-state index < -0.39 is 11.9 Å². The molecule has 1 fully saturated rings. The van der Waals surface area contributed by atoms with Crippen LogP contribution in [0.15, 0.2) is 36.4 Å². The minimum Gasteiger partial charge on any atom is -0.503 e. The number of nitrogens with one attached hydrogen (secondary N) is 1. The topological polar surface area (TPSA) is 84.9 Å². The van der Waals surface area contributed by atoms with E-state index in [9.17, 15) is 14.7 Å². The van der Waals surface area contributed by atoms with Gasteiger partial charge in [-0.2, -0.15) is 0 Å². The predicted octanol–water partition coefficient (Wildman–Crippen LogP) is 5.82. The predicted molar refractivity (Wildman–Crippen MR) is 118 cm³/mol. The van der Waals surface area contributed by atoms with E-state index in [2.05, 4.69) is 10.1 Å². The summed E-state index contributed by atoms with van der Waals surface area (Å²) in [7, 11) is 1.31. The first-order valence-corrected chi connectivity index (χ1v) is 10.5. The lowest BCUT2D eigenvalue weighted by atomic mass is 9.98. The summed E-state index contributed by atoms with van der Waals surface area (Å²) >= 11 is 6.09. The van der Waals surface area contributed by atoms with Crippen LogP contribution in [0.1, 0.15) is 66.7 Å². The molecule has 6 nitrogen and oxygen atoms in total. The van der Waals surface area contributed by atoms with Gasteiger partial charge in [0.2, 0.25) is 0 Å². The van der Waals surface area contributed by atoms with Gasteiger partial charge < -0.3 is 19.9 Å². The van der Waals surface area contributed by atoms with Crippen molar-refractivity contribution >= 4 is 29.2 Å². The molecule has 0 heterocycles. The van der Waals surface area contributed by atoms with Crippen LogP contribution in [0.25, 0.3) is 0 Å². The Hall–Kier alpha value is -2.73. The number of benzene rings is 2. The number of aromatic hydroxyl groups is 1. The molecule has 162 valence electrons. The summed E-state index contributed by atoms with van der Waals surface area (Å²) in [6.45, 7) is 4.00. The SMILES string of the molecule is CC.COC(=O)c1ccc(NC(=O)c2cc(Cl)c(O)c(OC3CCCCC3)c2)cc1. The summed E-state index contributed by atoms with van der Waals surface area (Å²) in [5.41, 5.74) is 1.17. The summed E-state index contributed by atoms with van der Waals surface area (Å²) in [4.78, 5) is 24.1. The monoisotopic (exact) mass is 433 g/mol. The van der Waals surface area contributed by atoms with E-state index in [4.69, 9.17) is 16.3 Å². The number of rotatable bonds is 5. The Morgan fingerprint density at radius 1 is 1.03 bits per heavy atom. The Morgan fingerprint density at radius 2 is 1.67 bits per heavy atom. The summed E-state index contributed by atoms with van der Waals surface area (Å²) in [5.74, 6) is -0.800. The molecule has 0 radical (unpaired) electrons. The average molecular weight is 434 g/mol. The lowest BCUT2D eigenvalue weighted by Gasteiger charge is -2.23. The van der Waals surface area contributed by atoms with Gasteiger partial charge in [0.25, 0.3) is 5.91 Å². The summed E-state index contributed by atoms with van der Waals surface area (Å²) in [6.07, 6.45) is 5.20. The summed E-state index contributed by atoms with van der Waals surface area (Å²) in [5, 5.41) is 13.0. The number of esters is 1. The minimum absolute atomic E-state index is 0.0138. The zero-order valence-corrected chi connectivity index (χ0v) is 18.3. The Labute approximate surface area is 182 Å². The van der Waals surface area contributed by atoms with Gasteiger partial charge in [-0.1, -0.05) is 31.9 Å². The summed E-state index contributed by atoms with van der Waals surface area (Å²) in [6, 6.07) is 9.21. The molecule has 1 amide bonds. The highest BCUT2D eigenvalue weighted by molar-refractivity contribution is 6.32. The lowest BCUT2D eigenvalue weighted by Crippen LogP contribution is -2.20. The molecule has 7 heteroatoms. The van der Waals surface area contributed by atoms with Crippen molar-refractivity contribution in [3.05, 3.63) is 52.5 Å². The number of phenols is 1. The van der Waals surface area contributed by atoms with Gasteiger partial charge >= 0.3 is 5.97 Å². The molecule has 2 aromatic carbocycles. The second kappa shape index (κ2) is 11.5. The van der Waals surface area contributed by atoms with Crippen LogP contribution < -0.4 is 10.1 Å². The Balaban J connectivity index is 0.00000155. The zero-order chi connectivity index (χ0) is 22.1. The van der Waals surface area contributed by atoms with E-state index in [1.54, 1.807) is 24.3 Å². The van der Waals surface area contributed by atoms with Gasteiger partial charge in [-0.05, 0) is 62.1 Å². The maximum Gasteiger partial charge on any atom is 0.337 e. The molecule has 1 saturated carbocycles. The summed E-state index contributed by atoms with van der Waals surface area (Å²) < 4.78 is 10.5. The Bertz CT molecular complexity index is 861. The maximum absolute atomic E-state index is 12.6. The van der Waals surface area contributed by atoms with Gasteiger partial charge in [0.15, 0.2) is 11.5 Å². The molecule has 2 aromatic rings. The van der Waals surface area contributed by atoms with Crippen molar-refractivity contribution in [1.82, 2.24) is 0 Å². The number of hydrogen-bond acceptors (Lipinski definition) is 5. The molecule has 0 bridgehead atoms. The van der Waals surface area contributed by atoms with Gasteiger partial charge in [-0.3, -0.25) is 4.79 Å². The van der Waals surface area contributed by atoms with Crippen LogP contribution in [-0.4, -0.2) is 30.2 Å². The number of carbonyl (C=O) groups is 2. The second-order valence-electron chi connectivity index (χ2n) is 6.71. The van der Waals surface area contributed by atoms with Crippen LogP contribution in [0.2, 0.25) is 5.02 Å². The maximum atomic E-state index is 12.6. The van der Waals surface area contributed by atoms with Crippen molar-refractivity contribution < 1.29 is 24.2 Å². The van der Waals surface area contributed by atoms with Crippen LogP contribution in [0.3, 0.4) is 0 Å². The van der Waals surface area contributed by atoms with E-state index in [0.29, 0.717) is 11.3 Å². The molecule has 1 aliphatic carbocycles. The molecule has 1 aliphatic rings. The standard InChI is InChI=1S/C21H22ClNO5.C2H6/c1-27-21(26)13-7-9-15(10-8-13)23-20(25)14-11-17(22)19(24)18(12-14)28-16-5-3-2-4-6-16;1-2/h7-12,16,24H,2-6H2,1H3,(H,23,25);1-2H3. The van der Waals surface area contributed by atoms with Gasteiger partial charge in [0.1, 0.15) is 0 Å². The first-order chi connectivity index (χ1) is 14.5. The smallest absolute Gasteiger partial charge is 0.337 e. The molecule has 3 rings (SSSR count). The quantitative estimate of drug-likeness (QED) is 0.580. The zero-order valence-electron chi connectivity index (χ0n) is 17.5. The highest BCUT2D eigenvalue weighted by Gasteiger charge is 2.20. The number of ether oxygens (including phenoxy) is 2. The van der Waals surface area contributed by atoms with E-state index in [-0.39, 0.29) is 28.2 Å². The van der Waals surface area contributed by atoms with Gasteiger partial charge in [0, 0.05) is 11.3 Å². The minimum atomic E-state index is -0.451. The lowest BCUT2D eigenvalue weighted by molar-refractivity contribution is 0.0600. The number of methoxy groups -OCH3 is 1. The Morgan fingerprint density at radius 3 is 2.27 bits per heavy atom. The number of phenolic OH excluding ortho intramolecular Hbond substituents is 1. The van der Waals surface area contributed by atoms with Gasteiger partial charge in [0.05, 0.1) is 23.8 Å². The molecule has 0 spiro atoms. The van der Waals surface area contributed by atoms with E-state index >= 15 is 0 Å². The van der Waals surface area contributed by atoms with E-state index in [1.165, 1.54) is 25.7 Å². The molecule has 0 unspecified atom stereocenters. The molecule has 2 N–H and O–H groups in total. The van der Waals surface area contributed by atoms with Crippen LogP contribution in [0.4, 0.5) is 5.69 Å². The van der Waals surface area contributed by atoms with Crippen LogP contribution in [0, 0.1) is 0 Å². The van der Waals surface area contributed by atoms with Crippen LogP contribution in [-0.2, 0) is 4.74 Å². The van der Waals surface area contributed by atoms with E-state index in [0.717, 1.165) is 25.7 Å². The highest BCUT2D eigenvalue weighted by atomic mass is 35.5. The van der Waals surface area contributed by atoms with Crippen LogP contribution in [0.5, 0.6) is 11.5 Å². The van der Waals surface area contributed by atoms with Crippen molar-refractivity contribution in [1.29, 1.82) is 0 Å². The molecule has 0 saturated heterocycles. The molecule has 0 aromatic heterocycles. The third-order valence-electron chi connectivity index (χ3n) is 4.70. The third kappa shape index (κ3) is 6.13. The van der Waals surface area contributed by atoms with Crippen molar-refractivity contribution in [3.63, 3.8) is 0 Å². The van der Waals surface area contributed by atoms with Gasteiger partial charge in [-0.15, -0.1) is 0 Å². The largest absolute Gasteiger partial charge is 0.503 e. The molecular formula is C23H28ClNO5. The molecule has 30 heavy (non-hydrogen) atoms. The number of carbonyl (C=O) groups excluding carboxylic acids is 2. The fraction of sp³-hybridized carbons (Fsp3) is 0.391. The highest BCUT2D eigenvalue weighted by Crippen LogP contribution is 2.37. The van der Waals surface area contributed by atoms with E-state index in [1.807, 2.05) is 13.8 Å². The molecule has 0 aliphatic heterocycles. The normalized spacial score (nSPS) is 13.6. The van der Waals surface area contributed by atoms with Crippen molar-refractivity contribution in [2.45, 2.75) is 52.1 Å². The van der Waals surface area contributed by atoms with Crippen molar-refractivity contribution in [2.24, 2.45) is 0 Å². The molecule has 0 atom stereocenters. The first kappa shape index (κ1) is 23.5. The third-order valence-corrected chi connectivity index (χ3v) is 4.99. The fourth-order valence-electron chi connectivity index (χ4n) is 3.17. The van der Waals surface area contributed by atoms with Crippen molar-refractivity contribution in [3.8, 4) is 11.5 Å². The second-order valence-corrected chi connectivity index (χ2v) is 7.11.